The number of nitrogens with zero attached hydrogens (tertiary/aromatic N) is 3. The van der Waals surface area contributed by atoms with E-state index in [0.717, 1.165) is 30.9 Å². The van der Waals surface area contributed by atoms with Crippen molar-refractivity contribution < 1.29 is 0 Å². The third-order valence-corrected chi connectivity index (χ3v) is 3.58. The van der Waals surface area contributed by atoms with Gasteiger partial charge in [-0.3, -0.25) is 0 Å². The highest BCUT2D eigenvalue weighted by atomic mass is 15.2. The maximum Gasteiger partial charge on any atom is 0.135 e. The number of hydrogen-bond acceptors (Lipinski definition) is 4. The lowest BCUT2D eigenvalue weighted by molar-refractivity contribution is 0.870. The summed E-state index contributed by atoms with van der Waals surface area (Å²) in [6, 6.07) is 8.00. The van der Waals surface area contributed by atoms with Gasteiger partial charge in [0.2, 0.25) is 0 Å². The lowest BCUT2D eigenvalue weighted by Gasteiger charge is -2.20. The van der Waals surface area contributed by atoms with Crippen LogP contribution < -0.4 is 10.6 Å². The molecule has 0 aliphatic heterocycles. The number of hydrogen-bond donors (Lipinski definition) is 1. The molecule has 2 aromatic rings. The Hall–Kier alpha value is -2.10. The second-order valence-electron chi connectivity index (χ2n) is 5.08. The molecule has 1 heterocycles. The Morgan fingerprint density at radius 1 is 1.26 bits per heavy atom. The summed E-state index contributed by atoms with van der Waals surface area (Å²) >= 11 is 0. The van der Waals surface area contributed by atoms with Crippen molar-refractivity contribution in [3.8, 4) is 0 Å². The van der Waals surface area contributed by atoms with Crippen molar-refractivity contribution in [1.29, 1.82) is 0 Å². The van der Waals surface area contributed by atoms with Gasteiger partial charge in [-0.1, -0.05) is 12.1 Å². The first-order valence-corrected chi connectivity index (χ1v) is 6.62. The molecular formula is C15H18N4. The number of fused-ring (bicyclic) bond motifs is 1. The molecule has 2 N–H and O–H groups in total. The quantitative estimate of drug-likeness (QED) is 0.853. The van der Waals surface area contributed by atoms with Crippen LogP contribution in [-0.2, 0) is 19.4 Å². The molecule has 19 heavy (non-hydrogen) atoms. The standard InChI is InChI=1S/C15H18N4/c1-19(9-11-4-2-5-12(16)8-11)15-13-6-3-7-14(13)17-10-18-15/h2,4-5,8,10H,3,6-7,9,16H2,1H3. The number of aryl methyl sites for hydroxylation is 1. The molecule has 1 aliphatic rings. The van der Waals surface area contributed by atoms with E-state index in [-0.39, 0.29) is 0 Å². The molecule has 1 aromatic heterocycles. The van der Waals surface area contributed by atoms with E-state index < -0.39 is 0 Å². The van der Waals surface area contributed by atoms with Gasteiger partial charge in [0, 0.05) is 30.5 Å². The zero-order valence-electron chi connectivity index (χ0n) is 11.1. The lowest BCUT2D eigenvalue weighted by Crippen LogP contribution is -2.19. The molecule has 4 nitrogen and oxygen atoms in total. The van der Waals surface area contributed by atoms with Gasteiger partial charge in [0.15, 0.2) is 0 Å². The van der Waals surface area contributed by atoms with E-state index in [9.17, 15) is 0 Å². The molecule has 1 aliphatic carbocycles. The highest BCUT2D eigenvalue weighted by Gasteiger charge is 2.19. The van der Waals surface area contributed by atoms with Gasteiger partial charge in [0.25, 0.3) is 0 Å². The van der Waals surface area contributed by atoms with E-state index in [1.165, 1.54) is 23.2 Å². The first-order valence-electron chi connectivity index (χ1n) is 6.62. The molecule has 0 spiro atoms. The maximum atomic E-state index is 5.82. The number of benzene rings is 1. The monoisotopic (exact) mass is 254 g/mol. The normalized spacial score (nSPS) is 13.3. The van der Waals surface area contributed by atoms with Crippen molar-refractivity contribution in [2.45, 2.75) is 25.8 Å². The van der Waals surface area contributed by atoms with Gasteiger partial charge < -0.3 is 10.6 Å². The minimum atomic E-state index is 0.804. The fourth-order valence-electron chi connectivity index (χ4n) is 2.71. The molecule has 0 saturated carbocycles. The van der Waals surface area contributed by atoms with E-state index in [0.29, 0.717) is 0 Å². The van der Waals surface area contributed by atoms with Crippen molar-refractivity contribution in [2.75, 3.05) is 17.7 Å². The van der Waals surface area contributed by atoms with Gasteiger partial charge in [-0.2, -0.15) is 0 Å². The van der Waals surface area contributed by atoms with E-state index in [1.807, 2.05) is 18.2 Å². The Labute approximate surface area is 113 Å². The summed E-state index contributed by atoms with van der Waals surface area (Å²) in [6.45, 7) is 0.814. The third kappa shape index (κ3) is 2.38. The van der Waals surface area contributed by atoms with Crippen LogP contribution in [0.1, 0.15) is 23.2 Å². The zero-order chi connectivity index (χ0) is 13.2. The summed E-state index contributed by atoms with van der Waals surface area (Å²) in [6.07, 6.45) is 5.03. The fraction of sp³-hybridized carbons (Fsp3) is 0.333. The van der Waals surface area contributed by atoms with Gasteiger partial charge in [0.1, 0.15) is 12.1 Å². The van der Waals surface area contributed by atoms with Gasteiger partial charge in [-0.25, -0.2) is 9.97 Å². The molecule has 0 radical (unpaired) electrons. The summed E-state index contributed by atoms with van der Waals surface area (Å²) in [7, 11) is 2.07. The number of rotatable bonds is 3. The van der Waals surface area contributed by atoms with Crippen LogP contribution in [0.15, 0.2) is 30.6 Å². The maximum absolute atomic E-state index is 5.82. The van der Waals surface area contributed by atoms with Crippen LogP contribution in [0.4, 0.5) is 11.5 Å². The molecule has 0 fully saturated rings. The van der Waals surface area contributed by atoms with Crippen molar-refractivity contribution in [1.82, 2.24) is 9.97 Å². The molecule has 0 saturated heterocycles. The van der Waals surface area contributed by atoms with Crippen LogP contribution >= 0.6 is 0 Å². The van der Waals surface area contributed by atoms with Crippen LogP contribution in [0.25, 0.3) is 0 Å². The topological polar surface area (TPSA) is 55.0 Å². The Bertz CT molecular complexity index is 594. The Kier molecular flexibility index (Phi) is 3.07. The average molecular weight is 254 g/mol. The van der Waals surface area contributed by atoms with E-state index in [4.69, 9.17) is 5.73 Å². The van der Waals surface area contributed by atoms with Crippen LogP contribution in [0.3, 0.4) is 0 Å². The van der Waals surface area contributed by atoms with Crippen LogP contribution in [0, 0.1) is 0 Å². The smallest absolute Gasteiger partial charge is 0.135 e. The summed E-state index contributed by atoms with van der Waals surface area (Å²) in [5.41, 5.74) is 10.4. The number of anilines is 2. The molecule has 0 atom stereocenters. The predicted molar refractivity (Wildman–Crippen MR) is 77.0 cm³/mol. The molecule has 0 bridgehead atoms. The minimum Gasteiger partial charge on any atom is -0.399 e. The van der Waals surface area contributed by atoms with Gasteiger partial charge in [0.05, 0.1) is 0 Å². The van der Waals surface area contributed by atoms with Gasteiger partial charge in [-0.05, 0) is 37.0 Å². The average Bonchev–Trinajstić information content (AvgIpc) is 2.86. The molecule has 98 valence electrons. The first-order chi connectivity index (χ1) is 9.24. The molecule has 4 heteroatoms. The van der Waals surface area contributed by atoms with Crippen molar-refractivity contribution in [2.24, 2.45) is 0 Å². The van der Waals surface area contributed by atoms with Crippen LogP contribution in [0.5, 0.6) is 0 Å². The number of nitrogen functional groups attached to an aromatic ring is 1. The van der Waals surface area contributed by atoms with E-state index in [2.05, 4.69) is 28.0 Å². The number of nitrogens with two attached hydrogens (primary N) is 1. The Morgan fingerprint density at radius 2 is 2.16 bits per heavy atom. The predicted octanol–water partition coefficient (Wildman–Crippen LogP) is 2.18. The highest BCUT2D eigenvalue weighted by Crippen LogP contribution is 2.27. The molecule has 0 amide bonds. The molecule has 3 rings (SSSR count). The second-order valence-corrected chi connectivity index (χ2v) is 5.08. The molecular weight excluding hydrogens is 236 g/mol. The Morgan fingerprint density at radius 3 is 3.00 bits per heavy atom. The summed E-state index contributed by atoms with van der Waals surface area (Å²) in [5.74, 6) is 1.06. The summed E-state index contributed by atoms with van der Waals surface area (Å²) < 4.78 is 0. The van der Waals surface area contributed by atoms with Gasteiger partial charge in [-0.15, -0.1) is 0 Å². The van der Waals surface area contributed by atoms with Gasteiger partial charge >= 0.3 is 0 Å². The molecule has 1 aromatic carbocycles. The van der Waals surface area contributed by atoms with Crippen LogP contribution in [0.2, 0.25) is 0 Å². The summed E-state index contributed by atoms with van der Waals surface area (Å²) in [4.78, 5) is 11.0. The highest BCUT2D eigenvalue weighted by molar-refractivity contribution is 5.51. The third-order valence-electron chi connectivity index (χ3n) is 3.58. The summed E-state index contributed by atoms with van der Waals surface area (Å²) in [5, 5.41) is 0. The fourth-order valence-corrected chi connectivity index (χ4v) is 2.71. The van der Waals surface area contributed by atoms with Crippen LogP contribution in [-0.4, -0.2) is 17.0 Å². The van der Waals surface area contributed by atoms with Crippen molar-refractivity contribution >= 4 is 11.5 Å². The second kappa shape index (κ2) is 4.88. The SMILES string of the molecule is CN(Cc1cccc(N)c1)c1ncnc2c1CCC2. The lowest BCUT2D eigenvalue weighted by atomic mass is 10.1. The zero-order valence-corrected chi connectivity index (χ0v) is 11.1. The largest absolute Gasteiger partial charge is 0.399 e. The van der Waals surface area contributed by atoms with Crippen molar-refractivity contribution in [3.63, 3.8) is 0 Å². The van der Waals surface area contributed by atoms with E-state index in [1.54, 1.807) is 6.33 Å². The minimum absolute atomic E-state index is 0.804. The number of aromatic nitrogens is 2. The molecule has 0 unspecified atom stereocenters. The first kappa shape index (κ1) is 12.0. The Balaban J connectivity index is 1.85. The van der Waals surface area contributed by atoms with E-state index >= 15 is 0 Å². The van der Waals surface area contributed by atoms with Crippen molar-refractivity contribution in [3.05, 3.63) is 47.4 Å².